The predicted octanol–water partition coefficient (Wildman–Crippen LogP) is 5.44. The number of nitrogens with zero attached hydrogens (tertiary/aromatic N) is 5. The maximum atomic E-state index is 13.6. The van der Waals surface area contributed by atoms with Gasteiger partial charge < -0.3 is 0 Å². The van der Waals surface area contributed by atoms with Crippen molar-refractivity contribution in [2.75, 3.05) is 4.90 Å². The molecule has 3 aromatic heterocycles. The molecule has 0 aliphatic heterocycles. The molecule has 0 saturated carbocycles. The number of benzene rings is 2. The van der Waals surface area contributed by atoms with Gasteiger partial charge in [0.25, 0.3) is 5.91 Å². The molecule has 6 nitrogen and oxygen atoms in total. The zero-order valence-corrected chi connectivity index (χ0v) is 18.1. The largest absolute Gasteiger partial charge is 0.280 e. The maximum absolute atomic E-state index is 13.6. The van der Waals surface area contributed by atoms with E-state index in [1.54, 1.807) is 11.1 Å². The van der Waals surface area contributed by atoms with Crippen molar-refractivity contribution in [3.05, 3.63) is 89.0 Å². The third-order valence-electron chi connectivity index (χ3n) is 4.88. The van der Waals surface area contributed by atoms with Gasteiger partial charge >= 0.3 is 0 Å². The first kappa shape index (κ1) is 19.5. The minimum absolute atomic E-state index is 0.247. The number of halogens is 1. The Kier molecular flexibility index (Phi) is 5.05. The van der Waals surface area contributed by atoms with E-state index in [1.807, 2.05) is 61.5 Å². The molecule has 5 rings (SSSR count). The molecule has 0 N–H and O–H groups in total. The SMILES string of the molecule is Cc1ccc(Cl)c2sc(N(Cc3ccccn3)C(=O)c3cnc4ccccc4n3)nc12. The predicted molar refractivity (Wildman–Crippen MR) is 124 cm³/mol. The molecule has 0 unspecified atom stereocenters. The van der Waals surface area contributed by atoms with Crippen LogP contribution in [0.1, 0.15) is 21.7 Å². The summed E-state index contributed by atoms with van der Waals surface area (Å²) in [5.74, 6) is -0.295. The molecule has 2 aromatic carbocycles. The molecule has 0 atom stereocenters. The van der Waals surface area contributed by atoms with Crippen LogP contribution in [0.4, 0.5) is 5.13 Å². The van der Waals surface area contributed by atoms with E-state index in [9.17, 15) is 4.79 Å². The normalized spacial score (nSPS) is 11.2. The summed E-state index contributed by atoms with van der Waals surface area (Å²) >= 11 is 7.78. The number of rotatable bonds is 4. The van der Waals surface area contributed by atoms with Gasteiger partial charge in [-0.05, 0) is 42.8 Å². The number of carbonyl (C=O) groups excluding carboxylic acids is 1. The van der Waals surface area contributed by atoms with Gasteiger partial charge in [0.05, 0.1) is 44.7 Å². The van der Waals surface area contributed by atoms with Crippen molar-refractivity contribution in [1.29, 1.82) is 0 Å². The van der Waals surface area contributed by atoms with Crippen molar-refractivity contribution in [2.24, 2.45) is 0 Å². The smallest absolute Gasteiger partial charge is 0.276 e. The van der Waals surface area contributed by atoms with Crippen LogP contribution in [0, 0.1) is 6.92 Å². The topological polar surface area (TPSA) is 71.9 Å². The average molecular weight is 446 g/mol. The molecule has 31 heavy (non-hydrogen) atoms. The Morgan fingerprint density at radius 1 is 1.00 bits per heavy atom. The molecule has 0 radical (unpaired) electrons. The van der Waals surface area contributed by atoms with E-state index in [1.165, 1.54) is 17.5 Å². The molecule has 0 fully saturated rings. The number of amides is 1. The summed E-state index contributed by atoms with van der Waals surface area (Å²) in [6, 6.07) is 16.8. The van der Waals surface area contributed by atoms with Gasteiger partial charge in [0.2, 0.25) is 0 Å². The summed E-state index contributed by atoms with van der Waals surface area (Å²) in [5, 5.41) is 1.15. The fraction of sp³-hybridized carbons (Fsp3) is 0.0870. The lowest BCUT2D eigenvalue weighted by Gasteiger charge is -2.19. The zero-order valence-electron chi connectivity index (χ0n) is 16.5. The van der Waals surface area contributed by atoms with E-state index < -0.39 is 0 Å². The van der Waals surface area contributed by atoms with Gasteiger partial charge in [-0.3, -0.25) is 19.7 Å². The van der Waals surface area contributed by atoms with Gasteiger partial charge in [-0.1, -0.05) is 47.2 Å². The molecular formula is C23H16ClN5OS. The van der Waals surface area contributed by atoms with Crippen LogP contribution in [0.3, 0.4) is 0 Å². The number of carbonyl (C=O) groups is 1. The van der Waals surface area contributed by atoms with Gasteiger partial charge in [0, 0.05) is 6.20 Å². The van der Waals surface area contributed by atoms with Gasteiger partial charge in [0.15, 0.2) is 5.13 Å². The average Bonchev–Trinajstić information content (AvgIpc) is 3.26. The highest BCUT2D eigenvalue weighted by Gasteiger charge is 2.24. The molecule has 152 valence electrons. The lowest BCUT2D eigenvalue weighted by atomic mass is 10.2. The number of aryl methyl sites for hydroxylation is 1. The van der Waals surface area contributed by atoms with Crippen LogP contribution >= 0.6 is 22.9 Å². The fourth-order valence-corrected chi connectivity index (χ4v) is 4.60. The van der Waals surface area contributed by atoms with E-state index in [0.717, 1.165) is 27.0 Å². The third kappa shape index (κ3) is 3.73. The van der Waals surface area contributed by atoms with Crippen molar-refractivity contribution in [2.45, 2.75) is 13.5 Å². The summed E-state index contributed by atoms with van der Waals surface area (Å²) in [4.78, 5) is 33.2. The zero-order chi connectivity index (χ0) is 21.4. The van der Waals surface area contributed by atoms with Crippen molar-refractivity contribution in [3.63, 3.8) is 0 Å². The van der Waals surface area contributed by atoms with E-state index in [2.05, 4.69) is 15.0 Å². The molecule has 5 aromatic rings. The highest BCUT2D eigenvalue weighted by molar-refractivity contribution is 7.23. The number of fused-ring (bicyclic) bond motifs is 2. The Bertz CT molecular complexity index is 1380. The quantitative estimate of drug-likeness (QED) is 0.368. The van der Waals surface area contributed by atoms with Crippen LogP contribution < -0.4 is 4.90 Å². The van der Waals surface area contributed by atoms with Gasteiger partial charge in [0.1, 0.15) is 5.69 Å². The number of para-hydroxylation sites is 2. The van der Waals surface area contributed by atoms with E-state index in [-0.39, 0.29) is 18.1 Å². The van der Waals surface area contributed by atoms with E-state index >= 15 is 0 Å². The fourth-order valence-electron chi connectivity index (χ4n) is 3.28. The standard InChI is InChI=1S/C23H16ClN5OS/c1-14-9-10-16(24)21-20(14)28-23(31-21)29(13-15-6-4-5-11-25-15)22(30)19-12-26-17-7-2-3-8-18(17)27-19/h2-12H,13H2,1H3. The number of aromatic nitrogens is 4. The first-order valence-corrected chi connectivity index (χ1v) is 10.8. The molecule has 1 amide bonds. The molecule has 0 bridgehead atoms. The Labute approximate surface area is 187 Å². The van der Waals surface area contributed by atoms with Crippen LogP contribution in [-0.2, 0) is 6.54 Å². The summed E-state index contributed by atoms with van der Waals surface area (Å²) in [5.41, 5.74) is 4.17. The maximum Gasteiger partial charge on any atom is 0.280 e. The molecular weight excluding hydrogens is 430 g/mol. The van der Waals surface area contributed by atoms with Gasteiger partial charge in [-0.25, -0.2) is 9.97 Å². The Balaban J connectivity index is 1.62. The van der Waals surface area contributed by atoms with Crippen molar-refractivity contribution >= 4 is 55.2 Å². The molecule has 0 aliphatic rings. The monoisotopic (exact) mass is 445 g/mol. The van der Waals surface area contributed by atoms with Gasteiger partial charge in [-0.15, -0.1) is 0 Å². The van der Waals surface area contributed by atoms with Crippen LogP contribution in [0.2, 0.25) is 5.02 Å². The minimum atomic E-state index is -0.295. The highest BCUT2D eigenvalue weighted by atomic mass is 35.5. The number of pyridine rings is 1. The second-order valence-corrected chi connectivity index (χ2v) is 8.38. The molecule has 0 saturated heterocycles. The van der Waals surface area contributed by atoms with Gasteiger partial charge in [-0.2, -0.15) is 0 Å². The summed E-state index contributed by atoms with van der Waals surface area (Å²) in [6.45, 7) is 2.23. The first-order chi connectivity index (χ1) is 15.1. The number of anilines is 1. The van der Waals surface area contributed by atoms with E-state index in [0.29, 0.717) is 15.7 Å². The Hall–Kier alpha value is -3.42. The Morgan fingerprint density at radius 3 is 2.58 bits per heavy atom. The summed E-state index contributed by atoms with van der Waals surface area (Å²) in [7, 11) is 0. The first-order valence-electron chi connectivity index (χ1n) is 9.59. The Morgan fingerprint density at radius 2 is 1.81 bits per heavy atom. The second kappa shape index (κ2) is 8.02. The van der Waals surface area contributed by atoms with Crippen LogP contribution in [0.15, 0.2) is 67.0 Å². The second-order valence-electron chi connectivity index (χ2n) is 6.99. The lowest BCUT2D eigenvalue weighted by molar-refractivity contribution is 0.0980. The van der Waals surface area contributed by atoms with Crippen molar-refractivity contribution in [3.8, 4) is 0 Å². The summed E-state index contributed by atoms with van der Waals surface area (Å²) < 4.78 is 0.847. The molecule has 0 spiro atoms. The van der Waals surface area contributed by atoms with Crippen LogP contribution in [0.5, 0.6) is 0 Å². The highest BCUT2D eigenvalue weighted by Crippen LogP contribution is 2.36. The van der Waals surface area contributed by atoms with Crippen molar-refractivity contribution in [1.82, 2.24) is 19.9 Å². The number of hydrogen-bond acceptors (Lipinski definition) is 6. The molecule has 8 heteroatoms. The molecule has 3 heterocycles. The van der Waals surface area contributed by atoms with Crippen molar-refractivity contribution < 1.29 is 4.79 Å². The summed E-state index contributed by atoms with van der Waals surface area (Å²) in [6.07, 6.45) is 3.20. The van der Waals surface area contributed by atoms with Crippen LogP contribution in [-0.4, -0.2) is 25.8 Å². The van der Waals surface area contributed by atoms with E-state index in [4.69, 9.17) is 16.6 Å². The number of thiazole rings is 1. The third-order valence-corrected chi connectivity index (χ3v) is 6.41. The molecule has 0 aliphatic carbocycles. The minimum Gasteiger partial charge on any atom is -0.276 e. The van der Waals surface area contributed by atoms with Crippen LogP contribution in [0.25, 0.3) is 21.3 Å². The lowest BCUT2D eigenvalue weighted by Crippen LogP contribution is -2.31. The number of hydrogen-bond donors (Lipinski definition) is 0.